The summed E-state index contributed by atoms with van der Waals surface area (Å²) in [6.45, 7) is 5.42. The lowest BCUT2D eigenvalue weighted by molar-refractivity contribution is -0.142. The topological polar surface area (TPSA) is 151 Å². The van der Waals surface area contributed by atoms with Crippen molar-refractivity contribution in [3.05, 3.63) is 0 Å². The van der Waals surface area contributed by atoms with E-state index >= 15 is 0 Å². The van der Waals surface area contributed by atoms with Crippen molar-refractivity contribution in [3.8, 4) is 0 Å². The predicted molar refractivity (Wildman–Crippen MR) is 94.6 cm³/mol. The van der Waals surface area contributed by atoms with E-state index in [1.165, 1.54) is 4.90 Å². The van der Waals surface area contributed by atoms with Gasteiger partial charge in [-0.25, -0.2) is 4.79 Å². The molecule has 1 aliphatic heterocycles. The molecule has 1 fully saturated rings. The highest BCUT2D eigenvalue weighted by atomic mass is 31.2. The number of aliphatic carboxylic acids is 2. The molecular weight excluding hydrogens is 381 g/mol. The first-order chi connectivity index (χ1) is 12.3. The molecule has 10 nitrogen and oxygen atoms in total. The van der Waals surface area contributed by atoms with Gasteiger partial charge < -0.3 is 29.3 Å². The Kier molecular flexibility index (Phi) is 8.25. The van der Waals surface area contributed by atoms with Crippen LogP contribution < -0.4 is 0 Å². The molecule has 0 bridgehead atoms. The minimum Gasteiger partial charge on any atom is -0.481 e. The molecule has 156 valence electrons. The maximum absolute atomic E-state index is 12.2. The minimum absolute atomic E-state index is 0.224. The fraction of sp³-hybridized carbons (Fsp3) is 0.812. The molecule has 1 amide bonds. The smallest absolute Gasteiger partial charge is 0.410 e. The Hall–Kier alpha value is -1.64. The molecule has 3 atom stereocenters. The predicted octanol–water partition coefficient (Wildman–Crippen LogP) is 2.15. The van der Waals surface area contributed by atoms with Crippen molar-refractivity contribution in [1.82, 2.24) is 4.90 Å². The Bertz CT molecular complexity index is 601. The summed E-state index contributed by atoms with van der Waals surface area (Å²) in [5.74, 6) is -3.85. The summed E-state index contributed by atoms with van der Waals surface area (Å²) >= 11 is 0. The van der Waals surface area contributed by atoms with Crippen molar-refractivity contribution < 1.29 is 43.3 Å². The number of carboxylic acid groups (broad SMARTS) is 2. The van der Waals surface area contributed by atoms with Crippen LogP contribution in [0.5, 0.6) is 0 Å². The number of nitrogens with zero attached hydrogens (tertiary/aromatic N) is 1. The van der Waals surface area contributed by atoms with Gasteiger partial charge in [0.15, 0.2) is 0 Å². The number of carbonyl (C=O) groups is 3. The Labute approximate surface area is 158 Å². The molecule has 0 aliphatic carbocycles. The molecule has 0 aromatic heterocycles. The quantitative estimate of drug-likeness (QED) is 0.487. The van der Waals surface area contributed by atoms with Gasteiger partial charge in [0, 0.05) is 13.0 Å². The summed E-state index contributed by atoms with van der Waals surface area (Å²) in [5, 5.41) is 17.7. The number of amides is 1. The first-order valence-corrected chi connectivity index (χ1v) is 10.5. The van der Waals surface area contributed by atoms with Gasteiger partial charge in [-0.15, -0.1) is 0 Å². The van der Waals surface area contributed by atoms with Crippen molar-refractivity contribution in [2.45, 2.75) is 58.1 Å². The number of ether oxygens (including phenoxy) is 1. The van der Waals surface area contributed by atoms with Crippen LogP contribution in [-0.2, 0) is 23.4 Å². The van der Waals surface area contributed by atoms with Gasteiger partial charge in [0.2, 0.25) is 0 Å². The van der Waals surface area contributed by atoms with E-state index in [1.54, 1.807) is 20.8 Å². The van der Waals surface area contributed by atoms with Crippen LogP contribution in [0.25, 0.3) is 0 Å². The highest BCUT2D eigenvalue weighted by Crippen LogP contribution is 2.45. The third kappa shape index (κ3) is 8.73. The fourth-order valence-corrected chi connectivity index (χ4v) is 4.10. The third-order valence-electron chi connectivity index (χ3n) is 3.98. The van der Waals surface area contributed by atoms with E-state index in [-0.39, 0.29) is 13.0 Å². The van der Waals surface area contributed by atoms with E-state index in [1.807, 2.05) is 0 Å². The zero-order valence-corrected chi connectivity index (χ0v) is 16.7. The van der Waals surface area contributed by atoms with Crippen LogP contribution in [0.1, 0.15) is 46.5 Å². The lowest BCUT2D eigenvalue weighted by Gasteiger charge is -2.29. The average Bonchev–Trinajstić information content (AvgIpc) is 2.96. The molecule has 1 heterocycles. The van der Waals surface area contributed by atoms with E-state index in [4.69, 9.17) is 19.5 Å². The molecule has 0 radical (unpaired) electrons. The second-order valence-electron chi connectivity index (χ2n) is 7.55. The molecule has 0 aromatic carbocycles. The number of carboxylic acids is 2. The molecule has 3 N–H and O–H groups in total. The fourth-order valence-electron chi connectivity index (χ4n) is 2.69. The van der Waals surface area contributed by atoms with Gasteiger partial charge in [-0.05, 0) is 40.0 Å². The normalized spacial score (nSPS) is 20.7. The number of carbonyl (C=O) groups excluding carboxylic acids is 1. The average molecular weight is 409 g/mol. The lowest BCUT2D eigenvalue weighted by atomic mass is 10.1. The van der Waals surface area contributed by atoms with Gasteiger partial charge in [-0.3, -0.25) is 14.2 Å². The first kappa shape index (κ1) is 23.4. The van der Waals surface area contributed by atoms with Crippen LogP contribution in [0.2, 0.25) is 0 Å². The van der Waals surface area contributed by atoms with Crippen LogP contribution in [0.3, 0.4) is 0 Å². The second-order valence-corrected chi connectivity index (χ2v) is 9.45. The minimum atomic E-state index is -4.27. The number of rotatable bonds is 9. The van der Waals surface area contributed by atoms with Crippen LogP contribution in [0.4, 0.5) is 4.79 Å². The van der Waals surface area contributed by atoms with Crippen LogP contribution >= 0.6 is 7.60 Å². The van der Waals surface area contributed by atoms with E-state index < -0.39 is 55.8 Å². The SMILES string of the molecule is CC(C)(C)OC(=O)N1CCC[C@H]1COP(=O)(O)CC(CCC(=O)O)C(=O)O. The molecule has 2 unspecified atom stereocenters. The summed E-state index contributed by atoms with van der Waals surface area (Å²) in [7, 11) is -4.27. The summed E-state index contributed by atoms with van der Waals surface area (Å²) in [6, 6.07) is -0.442. The Morgan fingerprint density at radius 3 is 2.41 bits per heavy atom. The summed E-state index contributed by atoms with van der Waals surface area (Å²) in [4.78, 5) is 45.3. The van der Waals surface area contributed by atoms with Crippen molar-refractivity contribution >= 4 is 25.6 Å². The monoisotopic (exact) mass is 409 g/mol. The first-order valence-electron chi connectivity index (χ1n) is 8.71. The second kappa shape index (κ2) is 9.52. The van der Waals surface area contributed by atoms with Gasteiger partial charge in [-0.2, -0.15) is 0 Å². The lowest BCUT2D eigenvalue weighted by Crippen LogP contribution is -2.41. The molecule has 1 rings (SSSR count). The molecule has 0 saturated carbocycles. The van der Waals surface area contributed by atoms with E-state index in [0.29, 0.717) is 19.4 Å². The zero-order valence-electron chi connectivity index (χ0n) is 15.8. The summed E-state index contributed by atoms with van der Waals surface area (Å²) in [6.07, 6.45) is -0.654. The Balaban J connectivity index is 2.62. The van der Waals surface area contributed by atoms with Crippen molar-refractivity contribution in [2.24, 2.45) is 5.92 Å². The van der Waals surface area contributed by atoms with Crippen molar-refractivity contribution in [2.75, 3.05) is 19.3 Å². The summed E-state index contributed by atoms with van der Waals surface area (Å²) < 4.78 is 22.6. The van der Waals surface area contributed by atoms with E-state index in [2.05, 4.69) is 0 Å². The molecule has 0 spiro atoms. The van der Waals surface area contributed by atoms with Crippen LogP contribution in [0.15, 0.2) is 0 Å². The highest BCUT2D eigenvalue weighted by molar-refractivity contribution is 7.52. The standard InChI is InChI=1S/C16H28NO9P/c1-16(2,3)26-15(22)17-8-4-5-12(17)9-25-27(23,24)10-11(14(20)21)6-7-13(18)19/h11-12H,4-10H2,1-3H3,(H,18,19)(H,20,21)(H,23,24)/t11?,12-/m0/s1. The number of hydrogen-bond acceptors (Lipinski definition) is 6. The van der Waals surface area contributed by atoms with Gasteiger partial charge in [-0.1, -0.05) is 0 Å². The van der Waals surface area contributed by atoms with Crippen LogP contribution in [0, 0.1) is 5.92 Å². The molecule has 1 saturated heterocycles. The maximum atomic E-state index is 12.2. The number of hydrogen-bond donors (Lipinski definition) is 3. The molecule has 11 heteroatoms. The third-order valence-corrected chi connectivity index (χ3v) is 5.44. The van der Waals surface area contributed by atoms with E-state index in [9.17, 15) is 23.8 Å². The molecule has 0 aromatic rings. The largest absolute Gasteiger partial charge is 0.481 e. The van der Waals surface area contributed by atoms with Gasteiger partial charge in [0.1, 0.15) is 5.60 Å². The Morgan fingerprint density at radius 1 is 1.26 bits per heavy atom. The zero-order chi connectivity index (χ0) is 20.8. The van der Waals surface area contributed by atoms with Gasteiger partial charge >= 0.3 is 25.6 Å². The summed E-state index contributed by atoms with van der Waals surface area (Å²) in [5.41, 5.74) is -0.670. The Morgan fingerprint density at radius 2 is 1.89 bits per heavy atom. The highest BCUT2D eigenvalue weighted by Gasteiger charge is 2.36. The molecular formula is C16H28NO9P. The maximum Gasteiger partial charge on any atom is 0.410 e. The molecule has 27 heavy (non-hydrogen) atoms. The number of likely N-dealkylation sites (tertiary alicyclic amines) is 1. The van der Waals surface area contributed by atoms with Gasteiger partial charge in [0.05, 0.1) is 24.7 Å². The van der Waals surface area contributed by atoms with Gasteiger partial charge in [0.25, 0.3) is 0 Å². The van der Waals surface area contributed by atoms with E-state index in [0.717, 1.165) is 0 Å². The van der Waals surface area contributed by atoms with Crippen LogP contribution in [-0.4, -0.2) is 69.0 Å². The molecule has 1 aliphatic rings. The van der Waals surface area contributed by atoms with Crippen molar-refractivity contribution in [3.63, 3.8) is 0 Å². The van der Waals surface area contributed by atoms with Crippen molar-refractivity contribution in [1.29, 1.82) is 0 Å².